The van der Waals surface area contributed by atoms with Gasteiger partial charge in [-0.15, -0.1) is 0 Å². The van der Waals surface area contributed by atoms with E-state index >= 15 is 0 Å². The Morgan fingerprint density at radius 2 is 1.81 bits per heavy atom. The molecule has 0 spiro atoms. The van der Waals surface area contributed by atoms with E-state index in [1.807, 2.05) is 37.3 Å². The first-order valence-electron chi connectivity index (χ1n) is 5.51. The highest BCUT2D eigenvalue weighted by Gasteiger charge is 2.37. The van der Waals surface area contributed by atoms with Gasteiger partial charge in [-0.3, -0.25) is 0 Å². The molecule has 0 aromatic heterocycles. The molecule has 0 radical (unpaired) electrons. The van der Waals surface area contributed by atoms with Crippen LogP contribution in [0.1, 0.15) is 26.3 Å². The van der Waals surface area contributed by atoms with Crippen molar-refractivity contribution in [2.45, 2.75) is 26.4 Å². The number of benzene rings is 1. The smallest absolute Gasteiger partial charge is 0.342 e. The lowest BCUT2D eigenvalue weighted by Gasteiger charge is -2.27. The molecular formula is C13H18O3. The molecule has 1 rings (SSSR count). The Hall–Kier alpha value is -1.35. The van der Waals surface area contributed by atoms with Gasteiger partial charge in [0.2, 0.25) is 0 Å². The van der Waals surface area contributed by atoms with E-state index in [0.29, 0.717) is 13.2 Å². The lowest BCUT2D eigenvalue weighted by Crippen LogP contribution is -2.37. The third-order valence-electron chi connectivity index (χ3n) is 2.42. The van der Waals surface area contributed by atoms with Crippen molar-refractivity contribution >= 4 is 5.97 Å². The van der Waals surface area contributed by atoms with Gasteiger partial charge in [0.1, 0.15) is 0 Å². The SMILES string of the molecule is CCOC(=O)[C@](C)(OCC)c1ccccc1. The molecule has 1 aromatic carbocycles. The van der Waals surface area contributed by atoms with Crippen LogP contribution in [0, 0.1) is 0 Å². The maximum Gasteiger partial charge on any atom is 0.342 e. The number of hydrogen-bond donors (Lipinski definition) is 0. The minimum Gasteiger partial charge on any atom is -0.464 e. The summed E-state index contributed by atoms with van der Waals surface area (Å²) < 4.78 is 10.6. The summed E-state index contributed by atoms with van der Waals surface area (Å²) >= 11 is 0. The highest BCUT2D eigenvalue weighted by molar-refractivity contribution is 5.80. The van der Waals surface area contributed by atoms with E-state index in [4.69, 9.17) is 9.47 Å². The Bertz CT molecular complexity index is 334. The Kier molecular flexibility index (Phi) is 4.50. The molecule has 0 unspecified atom stereocenters. The van der Waals surface area contributed by atoms with Crippen molar-refractivity contribution in [1.29, 1.82) is 0 Å². The van der Waals surface area contributed by atoms with Crippen LogP contribution < -0.4 is 0 Å². The topological polar surface area (TPSA) is 35.5 Å². The summed E-state index contributed by atoms with van der Waals surface area (Å²) in [5.74, 6) is -0.344. The normalized spacial score (nSPS) is 14.2. The van der Waals surface area contributed by atoms with Crippen LogP contribution in [0.5, 0.6) is 0 Å². The molecule has 0 aliphatic carbocycles. The van der Waals surface area contributed by atoms with Crippen molar-refractivity contribution in [1.82, 2.24) is 0 Å². The predicted molar refractivity (Wildman–Crippen MR) is 62.1 cm³/mol. The molecule has 0 aliphatic heterocycles. The molecule has 0 bridgehead atoms. The van der Waals surface area contributed by atoms with Crippen molar-refractivity contribution in [3.63, 3.8) is 0 Å². The van der Waals surface area contributed by atoms with Gasteiger partial charge in [-0.25, -0.2) is 4.79 Å². The molecule has 1 atom stereocenters. The average molecular weight is 222 g/mol. The molecule has 16 heavy (non-hydrogen) atoms. The minimum atomic E-state index is -1.01. The van der Waals surface area contributed by atoms with Crippen molar-refractivity contribution in [3.8, 4) is 0 Å². The van der Waals surface area contributed by atoms with Crippen LogP contribution in [-0.4, -0.2) is 19.2 Å². The van der Waals surface area contributed by atoms with Crippen LogP contribution >= 0.6 is 0 Å². The Balaban J connectivity index is 3.01. The third kappa shape index (κ3) is 2.61. The van der Waals surface area contributed by atoms with Crippen LogP contribution in [0.15, 0.2) is 30.3 Å². The van der Waals surface area contributed by atoms with E-state index in [2.05, 4.69) is 0 Å². The molecule has 0 N–H and O–H groups in total. The molecule has 0 aliphatic rings. The number of hydrogen-bond acceptors (Lipinski definition) is 3. The summed E-state index contributed by atoms with van der Waals surface area (Å²) in [5, 5.41) is 0. The second-order valence-corrected chi connectivity index (χ2v) is 3.55. The number of rotatable bonds is 5. The lowest BCUT2D eigenvalue weighted by molar-refractivity contribution is -0.171. The Morgan fingerprint density at radius 1 is 1.19 bits per heavy atom. The zero-order valence-corrected chi connectivity index (χ0v) is 10.0. The van der Waals surface area contributed by atoms with Crippen LogP contribution in [0.3, 0.4) is 0 Å². The highest BCUT2D eigenvalue weighted by Crippen LogP contribution is 2.26. The molecule has 0 saturated carbocycles. The second-order valence-electron chi connectivity index (χ2n) is 3.55. The zero-order chi connectivity index (χ0) is 12.0. The largest absolute Gasteiger partial charge is 0.464 e. The van der Waals surface area contributed by atoms with Crippen molar-refractivity contribution in [3.05, 3.63) is 35.9 Å². The van der Waals surface area contributed by atoms with Crippen LogP contribution in [0.2, 0.25) is 0 Å². The van der Waals surface area contributed by atoms with Gasteiger partial charge in [0, 0.05) is 6.61 Å². The summed E-state index contributed by atoms with van der Waals surface area (Å²) in [6.45, 7) is 6.21. The fourth-order valence-electron chi connectivity index (χ4n) is 1.57. The van der Waals surface area contributed by atoms with Gasteiger partial charge in [0.05, 0.1) is 6.61 Å². The van der Waals surface area contributed by atoms with Crippen molar-refractivity contribution < 1.29 is 14.3 Å². The Labute approximate surface area is 96.4 Å². The number of ether oxygens (including phenoxy) is 2. The van der Waals surface area contributed by atoms with E-state index in [1.165, 1.54) is 0 Å². The van der Waals surface area contributed by atoms with Crippen molar-refractivity contribution in [2.75, 3.05) is 13.2 Å². The quantitative estimate of drug-likeness (QED) is 0.718. The third-order valence-corrected chi connectivity index (χ3v) is 2.42. The van der Waals surface area contributed by atoms with Gasteiger partial charge in [-0.05, 0) is 26.3 Å². The molecule has 0 heterocycles. The van der Waals surface area contributed by atoms with E-state index in [9.17, 15) is 4.79 Å². The fourth-order valence-corrected chi connectivity index (χ4v) is 1.57. The fraction of sp³-hybridized carbons (Fsp3) is 0.462. The maximum atomic E-state index is 11.9. The molecular weight excluding hydrogens is 204 g/mol. The van der Waals surface area contributed by atoms with Gasteiger partial charge in [-0.2, -0.15) is 0 Å². The maximum absolute atomic E-state index is 11.9. The first-order chi connectivity index (χ1) is 7.65. The molecule has 0 amide bonds. The summed E-state index contributed by atoms with van der Waals surface area (Å²) in [5.41, 5.74) is -0.193. The number of carbonyl (C=O) groups is 1. The van der Waals surface area contributed by atoms with Crippen LogP contribution in [-0.2, 0) is 19.9 Å². The first kappa shape index (κ1) is 12.7. The van der Waals surface area contributed by atoms with Crippen LogP contribution in [0.25, 0.3) is 0 Å². The zero-order valence-electron chi connectivity index (χ0n) is 10.0. The molecule has 0 fully saturated rings. The van der Waals surface area contributed by atoms with Gasteiger partial charge in [-0.1, -0.05) is 30.3 Å². The summed E-state index contributed by atoms with van der Waals surface area (Å²) in [6.07, 6.45) is 0. The van der Waals surface area contributed by atoms with Gasteiger partial charge in [0.25, 0.3) is 0 Å². The van der Waals surface area contributed by atoms with E-state index < -0.39 is 5.60 Å². The monoisotopic (exact) mass is 222 g/mol. The minimum absolute atomic E-state index is 0.344. The van der Waals surface area contributed by atoms with E-state index in [1.54, 1.807) is 13.8 Å². The second kappa shape index (κ2) is 5.66. The Morgan fingerprint density at radius 3 is 2.31 bits per heavy atom. The molecule has 3 heteroatoms. The summed E-state index contributed by atoms with van der Waals surface area (Å²) in [6, 6.07) is 9.40. The number of esters is 1. The van der Waals surface area contributed by atoms with E-state index in [-0.39, 0.29) is 5.97 Å². The summed E-state index contributed by atoms with van der Waals surface area (Å²) in [4.78, 5) is 11.9. The van der Waals surface area contributed by atoms with Gasteiger partial charge in [0.15, 0.2) is 5.60 Å². The molecule has 0 saturated heterocycles. The van der Waals surface area contributed by atoms with Gasteiger partial charge >= 0.3 is 5.97 Å². The first-order valence-corrected chi connectivity index (χ1v) is 5.51. The summed E-state index contributed by atoms with van der Waals surface area (Å²) in [7, 11) is 0. The highest BCUT2D eigenvalue weighted by atomic mass is 16.6. The molecule has 88 valence electrons. The average Bonchev–Trinajstić information content (AvgIpc) is 2.30. The van der Waals surface area contributed by atoms with Crippen LogP contribution in [0.4, 0.5) is 0 Å². The van der Waals surface area contributed by atoms with Gasteiger partial charge < -0.3 is 9.47 Å². The number of carbonyl (C=O) groups excluding carboxylic acids is 1. The molecule has 3 nitrogen and oxygen atoms in total. The lowest BCUT2D eigenvalue weighted by atomic mass is 9.96. The molecule has 1 aromatic rings. The van der Waals surface area contributed by atoms with E-state index in [0.717, 1.165) is 5.56 Å². The predicted octanol–water partition coefficient (Wildman–Crippen LogP) is 2.50. The van der Waals surface area contributed by atoms with Crippen molar-refractivity contribution in [2.24, 2.45) is 0 Å². The standard InChI is InChI=1S/C13H18O3/c1-4-15-12(14)13(3,16-5-2)11-9-7-6-8-10-11/h6-10H,4-5H2,1-3H3/t13-/m1/s1.